The summed E-state index contributed by atoms with van der Waals surface area (Å²) in [6, 6.07) is 6.13. The highest BCUT2D eigenvalue weighted by Gasteiger charge is 2.20. The minimum absolute atomic E-state index is 0.254. The Morgan fingerprint density at radius 2 is 1.53 bits per heavy atom. The van der Waals surface area contributed by atoms with E-state index in [9.17, 15) is 5.11 Å². The minimum Gasteiger partial charge on any atom is -0.508 e. The molecule has 2 nitrogen and oxygen atoms in total. The van der Waals surface area contributed by atoms with E-state index < -0.39 is 0 Å². The van der Waals surface area contributed by atoms with Crippen LogP contribution in [0.3, 0.4) is 0 Å². The fourth-order valence-corrected chi connectivity index (χ4v) is 2.53. The van der Waals surface area contributed by atoms with Crippen molar-refractivity contribution in [3.8, 4) is 5.75 Å². The molecule has 19 heavy (non-hydrogen) atoms. The van der Waals surface area contributed by atoms with E-state index in [0.29, 0.717) is 17.6 Å². The van der Waals surface area contributed by atoms with Crippen molar-refractivity contribution in [2.75, 3.05) is 13.1 Å². The average Bonchev–Trinajstić information content (AvgIpc) is 2.29. The van der Waals surface area contributed by atoms with Gasteiger partial charge in [0.25, 0.3) is 0 Å². The Bertz CT molecular complexity index is 388. The Balaban J connectivity index is 2.96. The Kier molecular flexibility index (Phi) is 5.86. The van der Waals surface area contributed by atoms with Crippen molar-refractivity contribution in [3.05, 3.63) is 29.3 Å². The van der Waals surface area contributed by atoms with Crippen molar-refractivity contribution >= 4 is 0 Å². The minimum atomic E-state index is 0.254. The van der Waals surface area contributed by atoms with Crippen LogP contribution in [0, 0.1) is 18.8 Å². The van der Waals surface area contributed by atoms with Gasteiger partial charge in [0.1, 0.15) is 5.75 Å². The van der Waals surface area contributed by atoms with Gasteiger partial charge in [0.2, 0.25) is 0 Å². The molecule has 0 bridgehead atoms. The second-order valence-electron chi connectivity index (χ2n) is 6.48. The number of phenolic OH excluding ortho intramolecular Hbond substituents is 1. The number of aryl methyl sites for hydroxylation is 1. The Morgan fingerprint density at radius 3 is 2.00 bits per heavy atom. The zero-order valence-corrected chi connectivity index (χ0v) is 13.3. The molecule has 0 aliphatic heterocycles. The number of benzene rings is 1. The monoisotopic (exact) mass is 263 g/mol. The van der Waals surface area contributed by atoms with Crippen molar-refractivity contribution in [1.82, 2.24) is 4.90 Å². The van der Waals surface area contributed by atoms with Gasteiger partial charge in [-0.2, -0.15) is 0 Å². The van der Waals surface area contributed by atoms with Crippen molar-refractivity contribution in [3.63, 3.8) is 0 Å². The predicted octanol–water partition coefficient (Wildman–Crippen LogP) is 4.38. The standard InChI is InChI=1S/C17H29NO/c1-12(2)10-18(11-13(3)4)15(6)16-9-14(5)7-8-17(16)19/h7-9,12-13,15,19H,10-11H2,1-6H3. The van der Waals surface area contributed by atoms with E-state index >= 15 is 0 Å². The van der Waals surface area contributed by atoms with E-state index in [-0.39, 0.29) is 6.04 Å². The lowest BCUT2D eigenvalue weighted by atomic mass is 10.0. The molecule has 0 fully saturated rings. The number of hydrogen-bond donors (Lipinski definition) is 1. The fraction of sp³-hybridized carbons (Fsp3) is 0.647. The van der Waals surface area contributed by atoms with Gasteiger partial charge in [0.05, 0.1) is 0 Å². The van der Waals surface area contributed by atoms with E-state index in [0.717, 1.165) is 18.7 Å². The van der Waals surface area contributed by atoms with Crippen molar-refractivity contribution in [2.45, 2.75) is 47.6 Å². The molecule has 0 saturated carbocycles. The molecule has 0 amide bonds. The molecule has 108 valence electrons. The van der Waals surface area contributed by atoms with E-state index in [1.807, 2.05) is 12.1 Å². The summed E-state index contributed by atoms with van der Waals surface area (Å²) in [6.07, 6.45) is 0. The summed E-state index contributed by atoms with van der Waals surface area (Å²) >= 11 is 0. The Labute approximate surface area is 118 Å². The second-order valence-corrected chi connectivity index (χ2v) is 6.48. The predicted molar refractivity (Wildman–Crippen MR) is 82.5 cm³/mol. The van der Waals surface area contributed by atoms with Gasteiger partial charge in [-0.3, -0.25) is 4.90 Å². The molecule has 2 heteroatoms. The lowest BCUT2D eigenvalue weighted by Gasteiger charge is -2.32. The van der Waals surface area contributed by atoms with Crippen molar-refractivity contribution in [1.29, 1.82) is 0 Å². The number of phenols is 1. The molecule has 1 rings (SSSR count). The van der Waals surface area contributed by atoms with Crippen LogP contribution in [0.4, 0.5) is 0 Å². The zero-order valence-electron chi connectivity index (χ0n) is 13.3. The Hall–Kier alpha value is -1.02. The summed E-state index contributed by atoms with van der Waals surface area (Å²) in [5.41, 5.74) is 2.25. The topological polar surface area (TPSA) is 23.5 Å². The van der Waals surface area contributed by atoms with E-state index in [2.05, 4.69) is 52.5 Å². The van der Waals surface area contributed by atoms with Gasteiger partial charge in [0, 0.05) is 24.7 Å². The van der Waals surface area contributed by atoms with E-state index in [1.54, 1.807) is 0 Å². The molecule has 1 N–H and O–H groups in total. The molecule has 1 aromatic carbocycles. The van der Waals surface area contributed by atoms with Crippen molar-refractivity contribution in [2.24, 2.45) is 11.8 Å². The lowest BCUT2D eigenvalue weighted by Crippen LogP contribution is -2.33. The summed E-state index contributed by atoms with van der Waals surface area (Å²) in [7, 11) is 0. The highest BCUT2D eigenvalue weighted by molar-refractivity contribution is 5.37. The molecular weight excluding hydrogens is 234 g/mol. The highest BCUT2D eigenvalue weighted by Crippen LogP contribution is 2.30. The van der Waals surface area contributed by atoms with Crippen LogP contribution in [0.1, 0.15) is 51.8 Å². The maximum Gasteiger partial charge on any atom is 0.120 e. The first kappa shape index (κ1) is 16.0. The molecular formula is C17H29NO. The van der Waals surface area contributed by atoms with Crippen LogP contribution >= 0.6 is 0 Å². The fourth-order valence-electron chi connectivity index (χ4n) is 2.53. The Morgan fingerprint density at radius 1 is 1.00 bits per heavy atom. The van der Waals surface area contributed by atoms with Gasteiger partial charge in [-0.15, -0.1) is 0 Å². The normalized spacial score (nSPS) is 13.5. The summed E-state index contributed by atoms with van der Waals surface area (Å²) in [4.78, 5) is 2.48. The molecule has 1 atom stereocenters. The van der Waals surface area contributed by atoms with Gasteiger partial charge in [-0.1, -0.05) is 45.4 Å². The smallest absolute Gasteiger partial charge is 0.120 e. The first-order valence-electron chi connectivity index (χ1n) is 7.34. The van der Waals surface area contributed by atoms with Crippen LogP contribution in [0.25, 0.3) is 0 Å². The molecule has 1 aromatic rings. The van der Waals surface area contributed by atoms with Gasteiger partial charge in [-0.05, 0) is 31.7 Å². The molecule has 0 saturated heterocycles. The van der Waals surface area contributed by atoms with Crippen LogP contribution in [-0.2, 0) is 0 Å². The first-order valence-corrected chi connectivity index (χ1v) is 7.34. The van der Waals surface area contributed by atoms with Crippen LogP contribution in [0.5, 0.6) is 5.75 Å². The third-order valence-corrected chi connectivity index (χ3v) is 3.38. The third kappa shape index (κ3) is 4.87. The molecule has 0 spiro atoms. The van der Waals surface area contributed by atoms with Crippen LogP contribution in [0.2, 0.25) is 0 Å². The van der Waals surface area contributed by atoms with Gasteiger partial charge in [-0.25, -0.2) is 0 Å². The zero-order chi connectivity index (χ0) is 14.6. The highest BCUT2D eigenvalue weighted by atomic mass is 16.3. The van der Waals surface area contributed by atoms with Crippen LogP contribution < -0.4 is 0 Å². The molecule has 0 heterocycles. The number of hydrogen-bond acceptors (Lipinski definition) is 2. The largest absolute Gasteiger partial charge is 0.508 e. The SMILES string of the molecule is Cc1ccc(O)c(C(C)N(CC(C)C)CC(C)C)c1. The summed E-state index contributed by atoms with van der Waals surface area (Å²) in [6.45, 7) is 15.4. The van der Waals surface area contributed by atoms with Gasteiger partial charge < -0.3 is 5.11 Å². The van der Waals surface area contributed by atoms with Crippen LogP contribution in [-0.4, -0.2) is 23.1 Å². The third-order valence-electron chi connectivity index (χ3n) is 3.38. The second kappa shape index (κ2) is 6.95. The average molecular weight is 263 g/mol. The summed E-state index contributed by atoms with van der Waals surface area (Å²) < 4.78 is 0. The molecule has 0 aliphatic carbocycles. The van der Waals surface area contributed by atoms with E-state index in [1.165, 1.54) is 5.56 Å². The molecule has 0 aromatic heterocycles. The van der Waals surface area contributed by atoms with Crippen LogP contribution in [0.15, 0.2) is 18.2 Å². The van der Waals surface area contributed by atoms with Gasteiger partial charge in [0.15, 0.2) is 0 Å². The van der Waals surface area contributed by atoms with Crippen molar-refractivity contribution < 1.29 is 5.11 Å². The lowest BCUT2D eigenvalue weighted by molar-refractivity contribution is 0.165. The first-order chi connectivity index (χ1) is 8.81. The number of rotatable bonds is 6. The molecule has 0 aliphatic rings. The maximum atomic E-state index is 10.1. The number of nitrogens with zero attached hydrogens (tertiary/aromatic N) is 1. The quantitative estimate of drug-likeness (QED) is 0.823. The van der Waals surface area contributed by atoms with E-state index in [4.69, 9.17) is 0 Å². The maximum absolute atomic E-state index is 10.1. The summed E-state index contributed by atoms with van der Waals surface area (Å²) in [5, 5.41) is 10.1. The molecule has 0 radical (unpaired) electrons. The molecule has 1 unspecified atom stereocenters. The number of aromatic hydroxyl groups is 1. The van der Waals surface area contributed by atoms with Gasteiger partial charge >= 0.3 is 0 Å². The summed E-state index contributed by atoms with van der Waals surface area (Å²) in [5.74, 6) is 1.68.